The Balaban J connectivity index is 1.73. The maximum atomic E-state index is 5.44. The van der Waals surface area contributed by atoms with Crippen LogP contribution in [0.2, 0.25) is 0 Å². The van der Waals surface area contributed by atoms with E-state index in [1.54, 1.807) is 0 Å². The van der Waals surface area contributed by atoms with E-state index in [1.807, 2.05) is 0 Å². The van der Waals surface area contributed by atoms with Crippen molar-refractivity contribution in [2.45, 2.75) is 44.6 Å². The van der Waals surface area contributed by atoms with E-state index in [0.29, 0.717) is 6.10 Å². The van der Waals surface area contributed by atoms with E-state index in [2.05, 4.69) is 27.9 Å². The summed E-state index contributed by atoms with van der Waals surface area (Å²) >= 11 is 2.07. The first-order chi connectivity index (χ1) is 6.88. The first kappa shape index (κ1) is 11.1. The summed E-state index contributed by atoms with van der Waals surface area (Å²) in [5, 5.41) is 0. The Bertz CT molecular complexity index is 171. The van der Waals surface area contributed by atoms with Gasteiger partial charge >= 0.3 is 0 Å². The summed E-state index contributed by atoms with van der Waals surface area (Å²) in [4.78, 5) is 2.64. The largest absolute Gasteiger partial charge is 0.312 e. The van der Waals surface area contributed by atoms with Crippen LogP contribution in [0.25, 0.3) is 0 Å². The smallest absolute Gasteiger partial charge is 0.110 e. The normalized spacial score (nSPS) is 34.9. The van der Waals surface area contributed by atoms with Crippen molar-refractivity contribution < 1.29 is 3.07 Å². The van der Waals surface area contributed by atoms with Gasteiger partial charge in [0, 0.05) is 6.54 Å². The highest BCUT2D eigenvalue weighted by Crippen LogP contribution is 2.28. The lowest BCUT2D eigenvalue weighted by Crippen LogP contribution is -2.31. The molecule has 1 aliphatic heterocycles. The predicted octanol–water partition coefficient (Wildman–Crippen LogP) is 3.01. The zero-order valence-electron chi connectivity index (χ0n) is 8.75. The molecule has 3 heteroatoms. The van der Waals surface area contributed by atoms with Gasteiger partial charge in [0.25, 0.3) is 0 Å². The fourth-order valence-electron chi connectivity index (χ4n) is 2.82. The second kappa shape index (κ2) is 5.66. The third-order valence-corrected chi connectivity index (χ3v) is 4.29. The van der Waals surface area contributed by atoms with Crippen LogP contribution < -0.4 is 0 Å². The highest BCUT2D eigenvalue weighted by Gasteiger charge is 2.24. The summed E-state index contributed by atoms with van der Waals surface area (Å²) in [6, 6.07) is 0. The highest BCUT2D eigenvalue weighted by molar-refractivity contribution is 14.1. The molecule has 1 saturated carbocycles. The zero-order chi connectivity index (χ0) is 9.80. The van der Waals surface area contributed by atoms with Gasteiger partial charge in [0.05, 0.1) is 6.10 Å². The first-order valence-corrected chi connectivity index (χ1v) is 6.76. The first-order valence-electron chi connectivity index (χ1n) is 5.88. The highest BCUT2D eigenvalue weighted by atomic mass is 127. The third kappa shape index (κ3) is 3.07. The van der Waals surface area contributed by atoms with Gasteiger partial charge in [-0.1, -0.05) is 6.42 Å². The van der Waals surface area contributed by atoms with E-state index >= 15 is 0 Å². The number of hydrogen-bond acceptors (Lipinski definition) is 2. The molecule has 0 radical (unpaired) electrons. The minimum atomic E-state index is 0.539. The molecule has 0 N–H and O–H groups in total. The van der Waals surface area contributed by atoms with Gasteiger partial charge in [0.1, 0.15) is 23.0 Å². The Labute approximate surface area is 101 Å². The van der Waals surface area contributed by atoms with Crippen LogP contribution in [0.1, 0.15) is 38.5 Å². The lowest BCUT2D eigenvalue weighted by molar-refractivity contribution is 0.143. The zero-order valence-corrected chi connectivity index (χ0v) is 10.9. The van der Waals surface area contributed by atoms with Crippen molar-refractivity contribution in [2.75, 3.05) is 19.6 Å². The summed E-state index contributed by atoms with van der Waals surface area (Å²) in [7, 11) is 0. The molecule has 2 aliphatic rings. The van der Waals surface area contributed by atoms with Gasteiger partial charge in [-0.2, -0.15) is 0 Å². The fraction of sp³-hybridized carbons (Fsp3) is 1.00. The summed E-state index contributed by atoms with van der Waals surface area (Å²) in [6.45, 7) is 4.01. The van der Waals surface area contributed by atoms with Crippen molar-refractivity contribution in [3.05, 3.63) is 0 Å². The minimum absolute atomic E-state index is 0.539. The Morgan fingerprint density at radius 1 is 1.14 bits per heavy atom. The van der Waals surface area contributed by atoms with Crippen LogP contribution in [0.5, 0.6) is 0 Å². The molecular formula is C11H20INO. The molecule has 1 aliphatic carbocycles. The van der Waals surface area contributed by atoms with Gasteiger partial charge in [-0.15, -0.1) is 0 Å². The van der Waals surface area contributed by atoms with Crippen LogP contribution in [0.4, 0.5) is 0 Å². The molecule has 1 heterocycles. The maximum Gasteiger partial charge on any atom is 0.110 e. The lowest BCUT2D eigenvalue weighted by atomic mass is 9.87. The van der Waals surface area contributed by atoms with Crippen molar-refractivity contribution >= 4 is 23.0 Å². The van der Waals surface area contributed by atoms with Crippen LogP contribution in [-0.2, 0) is 3.07 Å². The molecule has 2 rings (SSSR count). The Kier molecular flexibility index (Phi) is 4.50. The Morgan fingerprint density at radius 2 is 1.93 bits per heavy atom. The van der Waals surface area contributed by atoms with Crippen molar-refractivity contribution in [1.82, 2.24) is 4.90 Å². The molecule has 2 atom stereocenters. The molecular weight excluding hydrogens is 289 g/mol. The monoisotopic (exact) mass is 309 g/mol. The van der Waals surface area contributed by atoms with E-state index in [-0.39, 0.29) is 0 Å². The number of rotatable bonds is 3. The summed E-state index contributed by atoms with van der Waals surface area (Å²) in [5.41, 5.74) is 0. The van der Waals surface area contributed by atoms with Crippen molar-refractivity contribution in [2.24, 2.45) is 5.92 Å². The SMILES string of the molecule is IOC1CCCC(CN2CCCC2)C1. The van der Waals surface area contributed by atoms with Gasteiger partial charge in [-0.3, -0.25) is 0 Å². The fourth-order valence-corrected chi connectivity index (χ4v) is 3.28. The molecule has 0 bridgehead atoms. The summed E-state index contributed by atoms with van der Waals surface area (Å²) < 4.78 is 5.44. The molecule has 0 aromatic carbocycles. The average Bonchev–Trinajstić information content (AvgIpc) is 2.71. The quantitative estimate of drug-likeness (QED) is 0.743. The third-order valence-electron chi connectivity index (χ3n) is 3.58. The van der Waals surface area contributed by atoms with Crippen LogP contribution >= 0.6 is 23.0 Å². The molecule has 14 heavy (non-hydrogen) atoms. The predicted molar refractivity (Wildman–Crippen MR) is 66.5 cm³/mol. The second-order valence-corrected chi connectivity index (χ2v) is 5.26. The minimum Gasteiger partial charge on any atom is -0.312 e. The van der Waals surface area contributed by atoms with Gasteiger partial charge in [0.2, 0.25) is 0 Å². The van der Waals surface area contributed by atoms with Gasteiger partial charge in [-0.25, -0.2) is 0 Å². The number of likely N-dealkylation sites (tertiary alicyclic amines) is 1. The molecule has 0 aromatic rings. The van der Waals surface area contributed by atoms with Crippen molar-refractivity contribution in [3.8, 4) is 0 Å². The number of halogens is 1. The molecule has 1 saturated heterocycles. The molecule has 0 amide bonds. The number of hydrogen-bond donors (Lipinski definition) is 0. The van der Waals surface area contributed by atoms with Gasteiger partial charge in [-0.05, 0) is 51.1 Å². The standard InChI is InChI=1S/C11H20INO/c12-14-11-5-3-4-10(8-11)9-13-6-1-2-7-13/h10-11H,1-9H2. The van der Waals surface area contributed by atoms with Crippen LogP contribution in [0.3, 0.4) is 0 Å². The Morgan fingerprint density at radius 3 is 2.64 bits per heavy atom. The number of nitrogens with zero attached hydrogens (tertiary/aromatic N) is 1. The molecule has 0 spiro atoms. The molecule has 82 valence electrons. The van der Waals surface area contributed by atoms with E-state index in [4.69, 9.17) is 3.07 Å². The van der Waals surface area contributed by atoms with Crippen molar-refractivity contribution in [1.29, 1.82) is 0 Å². The van der Waals surface area contributed by atoms with E-state index in [0.717, 1.165) is 5.92 Å². The maximum absolute atomic E-state index is 5.44. The average molecular weight is 309 g/mol. The molecule has 2 fully saturated rings. The van der Waals surface area contributed by atoms with Crippen molar-refractivity contribution in [3.63, 3.8) is 0 Å². The van der Waals surface area contributed by atoms with Crippen LogP contribution in [0.15, 0.2) is 0 Å². The van der Waals surface area contributed by atoms with Gasteiger partial charge in [0.15, 0.2) is 0 Å². The van der Waals surface area contributed by atoms with Crippen LogP contribution in [-0.4, -0.2) is 30.6 Å². The molecule has 2 unspecified atom stereocenters. The molecule has 0 aromatic heterocycles. The lowest BCUT2D eigenvalue weighted by Gasteiger charge is -2.30. The van der Waals surface area contributed by atoms with E-state index in [1.165, 1.54) is 58.2 Å². The van der Waals surface area contributed by atoms with Gasteiger partial charge < -0.3 is 7.97 Å². The van der Waals surface area contributed by atoms with Crippen LogP contribution in [0, 0.1) is 5.92 Å². The summed E-state index contributed by atoms with van der Waals surface area (Å²) in [6.07, 6.45) is 8.73. The Hall–Kier alpha value is 0.650. The molecule has 2 nitrogen and oxygen atoms in total. The van der Waals surface area contributed by atoms with E-state index < -0.39 is 0 Å². The topological polar surface area (TPSA) is 12.5 Å². The van der Waals surface area contributed by atoms with E-state index in [9.17, 15) is 0 Å². The summed E-state index contributed by atoms with van der Waals surface area (Å²) in [5.74, 6) is 0.904. The second-order valence-electron chi connectivity index (χ2n) is 4.75.